The zero-order valence-corrected chi connectivity index (χ0v) is 10.3. The first-order valence-electron chi connectivity index (χ1n) is 5.12. The lowest BCUT2D eigenvalue weighted by atomic mass is 10.3. The van der Waals surface area contributed by atoms with E-state index >= 15 is 0 Å². The van der Waals surface area contributed by atoms with E-state index in [2.05, 4.69) is 14.9 Å². The van der Waals surface area contributed by atoms with Crippen molar-refractivity contribution < 1.29 is 17.2 Å². The molecule has 19 heavy (non-hydrogen) atoms. The molecule has 2 rings (SSSR count). The number of rotatable bonds is 4. The molecule has 0 aliphatic rings. The number of sulfonamides is 1. The van der Waals surface area contributed by atoms with Crippen LogP contribution in [0.5, 0.6) is 0 Å². The van der Waals surface area contributed by atoms with Gasteiger partial charge in [-0.3, -0.25) is 5.10 Å². The average molecular weight is 288 g/mol. The van der Waals surface area contributed by atoms with Crippen molar-refractivity contribution in [3.8, 4) is 0 Å². The fraction of sp³-hybridized carbons (Fsp3) is 0.100. The van der Waals surface area contributed by atoms with Crippen molar-refractivity contribution >= 4 is 15.7 Å². The Bertz CT molecular complexity index is 686. The number of nitrogen functional groups attached to an aromatic ring is 1. The van der Waals surface area contributed by atoms with E-state index in [0.717, 1.165) is 12.1 Å². The molecule has 102 valence electrons. The van der Waals surface area contributed by atoms with Gasteiger partial charge >= 0.3 is 0 Å². The van der Waals surface area contributed by atoms with E-state index in [1.165, 1.54) is 12.4 Å². The van der Waals surface area contributed by atoms with Gasteiger partial charge in [0, 0.05) is 18.3 Å². The number of nitrogens with zero attached hydrogens (tertiary/aromatic N) is 1. The average Bonchev–Trinajstić information content (AvgIpc) is 2.86. The number of hydrogen-bond donors (Lipinski definition) is 3. The highest BCUT2D eigenvalue weighted by molar-refractivity contribution is 7.89. The molecule has 0 aliphatic heterocycles. The van der Waals surface area contributed by atoms with Gasteiger partial charge in [-0.1, -0.05) is 0 Å². The van der Waals surface area contributed by atoms with Gasteiger partial charge in [-0.2, -0.15) is 5.10 Å². The van der Waals surface area contributed by atoms with Crippen LogP contribution >= 0.6 is 0 Å². The fourth-order valence-corrected chi connectivity index (χ4v) is 2.49. The number of H-pyrrole nitrogens is 1. The molecule has 0 bridgehead atoms. The van der Waals surface area contributed by atoms with Gasteiger partial charge in [0.2, 0.25) is 10.0 Å². The number of nitrogens with one attached hydrogen (secondary N) is 2. The van der Waals surface area contributed by atoms with Gasteiger partial charge in [-0.05, 0) is 12.1 Å². The predicted octanol–water partition coefficient (Wildman–Crippen LogP) is 0.749. The fourth-order valence-electron chi connectivity index (χ4n) is 1.39. The summed E-state index contributed by atoms with van der Waals surface area (Å²) in [6.07, 6.45) is 2.90. The van der Waals surface area contributed by atoms with Gasteiger partial charge in [0.15, 0.2) is 5.82 Å². The van der Waals surface area contributed by atoms with E-state index in [9.17, 15) is 17.2 Å². The largest absolute Gasteiger partial charge is 0.394 e. The molecule has 0 aliphatic carbocycles. The van der Waals surface area contributed by atoms with Crippen molar-refractivity contribution in [2.24, 2.45) is 0 Å². The highest BCUT2D eigenvalue weighted by Gasteiger charge is 2.22. The molecule has 9 heteroatoms. The van der Waals surface area contributed by atoms with E-state index < -0.39 is 32.2 Å². The molecule has 0 saturated carbocycles. The third-order valence-electron chi connectivity index (χ3n) is 2.40. The quantitative estimate of drug-likeness (QED) is 0.722. The second-order valence-corrected chi connectivity index (χ2v) is 5.44. The summed E-state index contributed by atoms with van der Waals surface area (Å²) in [5, 5.41) is 6.14. The maximum absolute atomic E-state index is 13.6. The summed E-state index contributed by atoms with van der Waals surface area (Å²) in [6, 6.07) is 1.61. The zero-order chi connectivity index (χ0) is 14.0. The Hall–Kier alpha value is -2.00. The minimum atomic E-state index is -4.12. The SMILES string of the molecule is Nc1c(F)ccc(S(=O)(=O)NCc2cn[nH]c2)c1F. The van der Waals surface area contributed by atoms with Gasteiger partial charge in [0.1, 0.15) is 16.4 Å². The first kappa shape index (κ1) is 13.4. The van der Waals surface area contributed by atoms with Crippen molar-refractivity contribution in [1.82, 2.24) is 14.9 Å². The van der Waals surface area contributed by atoms with Crippen molar-refractivity contribution in [1.29, 1.82) is 0 Å². The molecule has 0 radical (unpaired) electrons. The first-order chi connectivity index (χ1) is 8.92. The van der Waals surface area contributed by atoms with Crippen molar-refractivity contribution in [2.45, 2.75) is 11.4 Å². The summed E-state index contributed by atoms with van der Waals surface area (Å²) in [5.74, 6) is -2.31. The Balaban J connectivity index is 2.27. The minimum Gasteiger partial charge on any atom is -0.394 e. The summed E-state index contributed by atoms with van der Waals surface area (Å²) < 4.78 is 52.4. The van der Waals surface area contributed by atoms with Gasteiger partial charge < -0.3 is 5.73 Å². The summed E-state index contributed by atoms with van der Waals surface area (Å²) in [7, 11) is -4.12. The molecule has 4 N–H and O–H groups in total. The molecule has 0 unspecified atom stereocenters. The smallest absolute Gasteiger partial charge is 0.243 e. The van der Waals surface area contributed by atoms with Gasteiger partial charge in [-0.25, -0.2) is 21.9 Å². The summed E-state index contributed by atoms with van der Waals surface area (Å²) >= 11 is 0. The Labute approximate surface area is 107 Å². The number of hydrogen-bond acceptors (Lipinski definition) is 4. The molecule has 6 nitrogen and oxygen atoms in total. The first-order valence-corrected chi connectivity index (χ1v) is 6.61. The number of aromatic amines is 1. The zero-order valence-electron chi connectivity index (χ0n) is 9.52. The molecular formula is C10H10F2N4O2S. The molecule has 1 aromatic heterocycles. The van der Waals surface area contributed by atoms with Crippen LogP contribution in [0.1, 0.15) is 5.56 Å². The van der Waals surface area contributed by atoms with Gasteiger partial charge in [0.25, 0.3) is 0 Å². The molecule has 0 fully saturated rings. The lowest BCUT2D eigenvalue weighted by Gasteiger charge is -2.08. The maximum atomic E-state index is 13.6. The van der Waals surface area contributed by atoms with Crippen LogP contribution < -0.4 is 10.5 Å². The molecular weight excluding hydrogens is 278 g/mol. The van der Waals surface area contributed by atoms with Crippen molar-refractivity contribution in [3.63, 3.8) is 0 Å². The van der Waals surface area contributed by atoms with Crippen LogP contribution in [0.2, 0.25) is 0 Å². The second-order valence-electron chi connectivity index (χ2n) is 3.70. The molecule has 0 spiro atoms. The molecule has 1 heterocycles. The van der Waals surface area contributed by atoms with Crippen LogP contribution in [-0.4, -0.2) is 18.6 Å². The number of halogens is 2. The molecule has 0 amide bonds. The summed E-state index contributed by atoms with van der Waals surface area (Å²) in [6.45, 7) is -0.0739. The van der Waals surface area contributed by atoms with Crippen LogP contribution in [0.15, 0.2) is 29.4 Å². The van der Waals surface area contributed by atoms with Crippen molar-refractivity contribution in [2.75, 3.05) is 5.73 Å². The van der Waals surface area contributed by atoms with Crippen LogP contribution in [-0.2, 0) is 16.6 Å². The number of benzene rings is 1. The van der Waals surface area contributed by atoms with Crippen LogP contribution in [0, 0.1) is 11.6 Å². The predicted molar refractivity (Wildman–Crippen MR) is 63.4 cm³/mol. The summed E-state index contributed by atoms with van der Waals surface area (Å²) in [4.78, 5) is -0.699. The molecule has 2 aromatic rings. The van der Waals surface area contributed by atoms with Crippen molar-refractivity contribution in [3.05, 3.63) is 41.7 Å². The summed E-state index contributed by atoms with van der Waals surface area (Å²) in [5.41, 5.74) is 4.85. The monoisotopic (exact) mass is 288 g/mol. The van der Waals surface area contributed by atoms with Crippen LogP contribution in [0.4, 0.5) is 14.5 Å². The van der Waals surface area contributed by atoms with E-state index in [0.29, 0.717) is 5.56 Å². The Morgan fingerprint density at radius 2 is 2.11 bits per heavy atom. The minimum absolute atomic E-state index is 0.0739. The number of anilines is 1. The van der Waals surface area contributed by atoms with E-state index in [1.807, 2.05) is 0 Å². The number of nitrogens with two attached hydrogens (primary N) is 1. The molecule has 0 atom stereocenters. The lowest BCUT2D eigenvalue weighted by Crippen LogP contribution is -2.24. The molecule has 0 saturated heterocycles. The second kappa shape index (κ2) is 4.94. The lowest BCUT2D eigenvalue weighted by molar-refractivity contribution is 0.548. The van der Waals surface area contributed by atoms with Gasteiger partial charge in [0.05, 0.1) is 6.20 Å². The molecule has 1 aromatic carbocycles. The van der Waals surface area contributed by atoms with Crippen LogP contribution in [0.25, 0.3) is 0 Å². The highest BCUT2D eigenvalue weighted by atomic mass is 32.2. The normalized spacial score (nSPS) is 11.7. The standard InChI is InChI=1S/C10H10F2N4O2S/c11-7-1-2-8(9(12)10(7)13)19(17,18)16-5-6-3-14-15-4-6/h1-4,16H,5,13H2,(H,14,15). The topological polar surface area (TPSA) is 101 Å². The Morgan fingerprint density at radius 1 is 1.37 bits per heavy atom. The van der Waals surface area contributed by atoms with E-state index in [4.69, 9.17) is 5.73 Å². The maximum Gasteiger partial charge on any atom is 0.243 e. The highest BCUT2D eigenvalue weighted by Crippen LogP contribution is 2.22. The Kier molecular flexibility index (Phi) is 3.49. The Morgan fingerprint density at radius 3 is 2.74 bits per heavy atom. The third kappa shape index (κ3) is 2.71. The van der Waals surface area contributed by atoms with E-state index in [-0.39, 0.29) is 6.54 Å². The number of aromatic nitrogens is 2. The third-order valence-corrected chi connectivity index (χ3v) is 3.82. The van der Waals surface area contributed by atoms with E-state index in [1.54, 1.807) is 0 Å². The van der Waals surface area contributed by atoms with Gasteiger partial charge in [-0.15, -0.1) is 0 Å². The van der Waals surface area contributed by atoms with Crippen LogP contribution in [0.3, 0.4) is 0 Å².